The van der Waals surface area contributed by atoms with Gasteiger partial charge >= 0.3 is 6.01 Å². The van der Waals surface area contributed by atoms with Crippen molar-refractivity contribution in [1.29, 1.82) is 0 Å². The molecule has 2 aromatic heterocycles. The minimum absolute atomic E-state index is 0.0175. The zero-order chi connectivity index (χ0) is 39.2. The van der Waals surface area contributed by atoms with Gasteiger partial charge in [-0.2, -0.15) is 9.97 Å². The Morgan fingerprint density at radius 2 is 1.76 bits per heavy atom. The Hall–Kier alpha value is -3.92. The fraction of sp³-hybridized carbons (Fsp3) is 0.558. The number of pyridine rings is 1. The SMILES string of the molecule is COCOc1cc(-c2ncc3c(N4CC[C@@H](C)C4)nc(OC[C@@]45CCCN4C[C@H](F)C5)nc3c2F)c2c(C#C[Si](C(C)C)(C(C)C)C(C)C)c(F)ccc2c1. The quantitative estimate of drug-likeness (QED) is 0.0849. The molecular weight excluding hydrogens is 720 g/mol. The summed E-state index contributed by atoms with van der Waals surface area (Å²) in [5, 5.41) is 1.53. The summed E-state index contributed by atoms with van der Waals surface area (Å²) >= 11 is 0. The highest BCUT2D eigenvalue weighted by Gasteiger charge is 2.49. The monoisotopic (exact) mass is 773 g/mol. The van der Waals surface area contributed by atoms with Gasteiger partial charge < -0.3 is 19.1 Å². The van der Waals surface area contributed by atoms with Crippen molar-refractivity contribution in [2.24, 2.45) is 5.92 Å². The van der Waals surface area contributed by atoms with Crippen LogP contribution < -0.4 is 14.4 Å². The van der Waals surface area contributed by atoms with E-state index in [1.807, 2.05) is 0 Å². The maximum atomic E-state index is 17.4. The fourth-order valence-corrected chi connectivity index (χ4v) is 15.0. The van der Waals surface area contributed by atoms with Crippen LogP contribution in [0.5, 0.6) is 11.8 Å². The van der Waals surface area contributed by atoms with Crippen molar-refractivity contribution < 1.29 is 27.4 Å². The molecular formula is C43H54F3N5O3Si. The van der Waals surface area contributed by atoms with E-state index in [9.17, 15) is 4.39 Å². The number of hydrogen-bond donors (Lipinski definition) is 0. The van der Waals surface area contributed by atoms with Crippen molar-refractivity contribution in [3.05, 3.63) is 47.7 Å². The summed E-state index contributed by atoms with van der Waals surface area (Å²) in [4.78, 5) is 18.6. The smallest absolute Gasteiger partial charge is 0.319 e. The van der Waals surface area contributed by atoms with Crippen molar-refractivity contribution in [3.8, 4) is 34.5 Å². The number of alkyl halides is 1. The lowest BCUT2D eigenvalue weighted by Crippen LogP contribution is -2.43. The first-order chi connectivity index (χ1) is 26.3. The molecule has 0 spiro atoms. The van der Waals surface area contributed by atoms with Crippen molar-refractivity contribution in [3.63, 3.8) is 0 Å². The molecule has 5 heterocycles. The summed E-state index contributed by atoms with van der Waals surface area (Å²) < 4.78 is 65.7. The normalized spacial score (nSPS) is 21.7. The van der Waals surface area contributed by atoms with Crippen LogP contribution in [0.25, 0.3) is 32.9 Å². The van der Waals surface area contributed by atoms with Gasteiger partial charge in [0, 0.05) is 50.3 Å². The highest BCUT2D eigenvalue weighted by atomic mass is 28.3. The van der Waals surface area contributed by atoms with E-state index in [2.05, 4.69) is 74.7 Å². The van der Waals surface area contributed by atoms with E-state index in [4.69, 9.17) is 24.2 Å². The number of hydrogen-bond acceptors (Lipinski definition) is 8. The molecule has 7 rings (SSSR count). The molecule has 55 heavy (non-hydrogen) atoms. The van der Waals surface area contributed by atoms with Crippen molar-refractivity contribution in [1.82, 2.24) is 19.9 Å². The standard InChI is InChI=1S/C43H54F3N5O3Si/c1-26(2)55(27(3)4,28(5)6)17-13-33-36(45)11-10-30-18-32(54-25-52-8)19-34(37(30)33)39-38(46)40-35(21-47-39)41(50-16-12-29(7)22-50)49-42(48-40)53-24-43-14-9-15-51(43)23-31(44)20-43/h10-11,18-19,21,26-29,31H,9,12,14-16,20,22-25H2,1-8H3/t29-,31-,43+/m1/s1. The second-order valence-electron chi connectivity index (χ2n) is 16.9. The van der Waals surface area contributed by atoms with Crippen LogP contribution in [-0.2, 0) is 4.74 Å². The lowest BCUT2D eigenvalue weighted by molar-refractivity contribution is 0.0512. The molecule has 0 saturated carbocycles. The second kappa shape index (κ2) is 15.5. The van der Waals surface area contributed by atoms with Crippen molar-refractivity contribution >= 4 is 35.6 Å². The molecule has 4 aromatic rings. The summed E-state index contributed by atoms with van der Waals surface area (Å²) in [6, 6.07) is 6.57. The number of methoxy groups -OCH3 is 1. The Morgan fingerprint density at radius 3 is 2.45 bits per heavy atom. The third-order valence-corrected chi connectivity index (χ3v) is 18.8. The highest BCUT2D eigenvalue weighted by Crippen LogP contribution is 2.44. The third-order valence-electron chi connectivity index (χ3n) is 12.5. The van der Waals surface area contributed by atoms with Crippen LogP contribution in [0.3, 0.4) is 0 Å². The topological polar surface area (TPSA) is 72.8 Å². The predicted molar refractivity (Wildman–Crippen MR) is 215 cm³/mol. The average Bonchev–Trinajstić information content (AvgIpc) is 3.83. The van der Waals surface area contributed by atoms with Crippen molar-refractivity contribution in [2.75, 3.05) is 51.6 Å². The number of aromatic nitrogens is 3. The molecule has 12 heteroatoms. The van der Waals surface area contributed by atoms with Gasteiger partial charge in [-0.05, 0) is 71.9 Å². The highest BCUT2D eigenvalue weighted by molar-refractivity contribution is 6.90. The molecule has 3 saturated heterocycles. The number of benzene rings is 2. The largest absolute Gasteiger partial charge is 0.468 e. The molecule has 0 amide bonds. The van der Waals surface area contributed by atoms with E-state index in [0.717, 1.165) is 38.9 Å². The van der Waals surface area contributed by atoms with Gasteiger partial charge in [-0.15, -0.1) is 5.54 Å². The minimum atomic E-state index is -2.27. The summed E-state index contributed by atoms with van der Waals surface area (Å²) in [5.74, 6) is 3.55. The summed E-state index contributed by atoms with van der Waals surface area (Å²) in [6.45, 7) is 18.4. The van der Waals surface area contributed by atoms with Gasteiger partial charge in [-0.3, -0.25) is 9.88 Å². The second-order valence-corrected chi connectivity index (χ2v) is 22.5. The molecule has 0 aliphatic carbocycles. The number of rotatable bonds is 11. The Morgan fingerprint density at radius 1 is 1.00 bits per heavy atom. The van der Waals surface area contributed by atoms with Crippen LogP contribution in [-0.4, -0.2) is 86.3 Å². The van der Waals surface area contributed by atoms with E-state index in [0.29, 0.717) is 68.8 Å². The zero-order valence-electron chi connectivity index (χ0n) is 33.4. The molecule has 0 N–H and O–H groups in total. The minimum Gasteiger partial charge on any atom is -0.468 e. The Kier molecular flexibility index (Phi) is 11.1. The van der Waals surface area contributed by atoms with E-state index in [1.54, 1.807) is 24.4 Å². The van der Waals surface area contributed by atoms with Crippen LogP contribution in [0, 0.1) is 29.0 Å². The molecule has 3 aliphatic rings. The predicted octanol–water partition coefficient (Wildman–Crippen LogP) is 9.48. The van der Waals surface area contributed by atoms with Crippen LogP contribution in [0.4, 0.5) is 19.0 Å². The summed E-state index contributed by atoms with van der Waals surface area (Å²) in [5.41, 5.74) is 4.80. The van der Waals surface area contributed by atoms with Crippen LogP contribution in [0.15, 0.2) is 30.5 Å². The number of halogens is 3. The first kappa shape index (κ1) is 39.3. The average molecular weight is 774 g/mol. The van der Waals surface area contributed by atoms with Crippen LogP contribution >= 0.6 is 0 Å². The van der Waals surface area contributed by atoms with Crippen LogP contribution in [0.2, 0.25) is 16.6 Å². The number of anilines is 1. The number of fused-ring (bicyclic) bond motifs is 3. The molecule has 3 atom stereocenters. The van der Waals surface area contributed by atoms with E-state index >= 15 is 8.78 Å². The molecule has 0 unspecified atom stereocenters. The lowest BCUT2D eigenvalue weighted by atomic mass is 9.95. The van der Waals surface area contributed by atoms with Gasteiger partial charge in [-0.1, -0.05) is 60.5 Å². The Labute approximate surface area is 324 Å². The molecule has 294 valence electrons. The van der Waals surface area contributed by atoms with Gasteiger partial charge in [0.1, 0.15) is 49.4 Å². The summed E-state index contributed by atoms with van der Waals surface area (Å²) in [6.07, 6.45) is 3.85. The first-order valence-electron chi connectivity index (χ1n) is 19.8. The molecule has 8 nitrogen and oxygen atoms in total. The maximum Gasteiger partial charge on any atom is 0.319 e. The fourth-order valence-electron chi connectivity index (χ4n) is 9.83. The molecule has 3 fully saturated rings. The molecule has 0 radical (unpaired) electrons. The maximum absolute atomic E-state index is 17.4. The van der Waals surface area contributed by atoms with E-state index in [1.165, 1.54) is 13.2 Å². The van der Waals surface area contributed by atoms with E-state index in [-0.39, 0.29) is 36.2 Å². The van der Waals surface area contributed by atoms with Gasteiger partial charge in [0.15, 0.2) is 12.6 Å². The van der Waals surface area contributed by atoms with Crippen molar-refractivity contribution in [2.45, 2.75) is 102 Å². The van der Waals surface area contributed by atoms with Gasteiger partial charge in [0.25, 0.3) is 0 Å². The molecule has 3 aliphatic heterocycles. The first-order valence-corrected chi connectivity index (χ1v) is 22.1. The van der Waals surface area contributed by atoms with Gasteiger partial charge in [0.05, 0.1) is 16.5 Å². The van der Waals surface area contributed by atoms with Crippen LogP contribution in [0.1, 0.15) is 79.7 Å². The third kappa shape index (κ3) is 7.17. The van der Waals surface area contributed by atoms with E-state index < -0.39 is 31.4 Å². The lowest BCUT2D eigenvalue weighted by Gasteiger charge is -2.38. The Bertz CT molecular complexity index is 2120. The molecule has 0 bridgehead atoms. The van der Waals surface area contributed by atoms with Gasteiger partial charge in [0.2, 0.25) is 0 Å². The molecule has 2 aromatic carbocycles. The zero-order valence-corrected chi connectivity index (χ0v) is 34.4. The Balaban J connectivity index is 1.42. The summed E-state index contributed by atoms with van der Waals surface area (Å²) in [7, 11) is -0.750. The van der Waals surface area contributed by atoms with Gasteiger partial charge in [-0.25, -0.2) is 13.2 Å². The number of nitrogens with zero attached hydrogens (tertiary/aromatic N) is 5. The number of ether oxygens (including phenoxy) is 3.